The Morgan fingerprint density at radius 1 is 1.25 bits per heavy atom. The van der Waals surface area contributed by atoms with Gasteiger partial charge in [0.2, 0.25) is 11.1 Å². The standard InChI is InChI=1S/C19H22N4O3S2/c1-4-23(11-13-7-8-14(25-2)15(10-13)26-3)17(24)12-28-19-20-18(21-22-19)16-6-5-9-27-16/h5-10H,4,11-12H2,1-3H3,(H,20,21,22). The molecule has 0 aliphatic rings. The van der Waals surface area contributed by atoms with Crippen molar-refractivity contribution in [3.8, 4) is 22.2 Å². The fourth-order valence-electron chi connectivity index (χ4n) is 2.63. The number of amides is 1. The number of carbonyl (C=O) groups excluding carboxylic acids is 1. The topological polar surface area (TPSA) is 80.3 Å². The number of benzene rings is 1. The zero-order valence-electron chi connectivity index (χ0n) is 16.0. The Labute approximate surface area is 172 Å². The Hall–Kier alpha value is -2.52. The lowest BCUT2D eigenvalue weighted by atomic mass is 10.2. The average Bonchev–Trinajstić information content (AvgIpc) is 3.41. The van der Waals surface area contributed by atoms with Crippen molar-refractivity contribution >= 4 is 29.0 Å². The van der Waals surface area contributed by atoms with E-state index < -0.39 is 0 Å². The third-order valence-electron chi connectivity index (χ3n) is 4.10. The summed E-state index contributed by atoms with van der Waals surface area (Å²) in [4.78, 5) is 19.9. The molecular weight excluding hydrogens is 396 g/mol. The number of aromatic amines is 1. The molecule has 1 amide bonds. The van der Waals surface area contributed by atoms with Crippen LogP contribution in [-0.4, -0.2) is 52.5 Å². The molecule has 0 fully saturated rings. The van der Waals surface area contributed by atoms with E-state index in [-0.39, 0.29) is 11.7 Å². The fraction of sp³-hybridized carbons (Fsp3) is 0.316. The van der Waals surface area contributed by atoms with Crippen LogP contribution < -0.4 is 9.47 Å². The number of carbonyl (C=O) groups is 1. The summed E-state index contributed by atoms with van der Waals surface area (Å²) in [6.45, 7) is 3.08. The van der Waals surface area contributed by atoms with Gasteiger partial charge in [0.1, 0.15) is 0 Å². The summed E-state index contributed by atoms with van der Waals surface area (Å²) in [5.74, 6) is 2.36. The monoisotopic (exact) mass is 418 g/mol. The first-order chi connectivity index (χ1) is 13.6. The third kappa shape index (κ3) is 4.85. The van der Waals surface area contributed by atoms with Gasteiger partial charge < -0.3 is 14.4 Å². The Morgan fingerprint density at radius 3 is 2.75 bits per heavy atom. The Morgan fingerprint density at radius 2 is 2.07 bits per heavy atom. The van der Waals surface area contributed by atoms with E-state index in [1.165, 1.54) is 11.8 Å². The lowest BCUT2D eigenvalue weighted by Crippen LogP contribution is -2.31. The molecule has 1 N–H and O–H groups in total. The van der Waals surface area contributed by atoms with Gasteiger partial charge in [-0.25, -0.2) is 4.98 Å². The number of H-pyrrole nitrogens is 1. The van der Waals surface area contributed by atoms with E-state index in [1.807, 2.05) is 42.6 Å². The SMILES string of the molecule is CCN(Cc1ccc(OC)c(OC)c1)C(=O)CSc1n[nH]c(-c2cccs2)n1. The van der Waals surface area contributed by atoms with Gasteiger partial charge in [-0.3, -0.25) is 9.89 Å². The predicted octanol–water partition coefficient (Wildman–Crippen LogP) is 3.69. The quantitative estimate of drug-likeness (QED) is 0.534. The van der Waals surface area contributed by atoms with Crippen LogP contribution in [0.3, 0.4) is 0 Å². The van der Waals surface area contributed by atoms with Crippen molar-refractivity contribution in [1.29, 1.82) is 0 Å². The first kappa shape index (κ1) is 20.2. The zero-order chi connectivity index (χ0) is 19.9. The van der Waals surface area contributed by atoms with Crippen molar-refractivity contribution in [2.24, 2.45) is 0 Å². The third-order valence-corrected chi connectivity index (χ3v) is 5.81. The van der Waals surface area contributed by atoms with Crippen LogP contribution in [0.5, 0.6) is 11.5 Å². The van der Waals surface area contributed by atoms with Crippen LogP contribution in [0.1, 0.15) is 12.5 Å². The van der Waals surface area contributed by atoms with Crippen molar-refractivity contribution in [3.05, 3.63) is 41.3 Å². The number of thioether (sulfide) groups is 1. The molecule has 0 aliphatic carbocycles. The van der Waals surface area contributed by atoms with Gasteiger partial charge in [-0.15, -0.1) is 16.4 Å². The number of hydrogen-bond donors (Lipinski definition) is 1. The Kier molecular flexibility index (Phi) is 6.94. The molecule has 0 spiro atoms. The van der Waals surface area contributed by atoms with Crippen molar-refractivity contribution in [2.45, 2.75) is 18.6 Å². The second-order valence-electron chi connectivity index (χ2n) is 5.83. The van der Waals surface area contributed by atoms with Gasteiger partial charge in [-0.05, 0) is 36.1 Å². The zero-order valence-corrected chi connectivity index (χ0v) is 17.6. The number of methoxy groups -OCH3 is 2. The van der Waals surface area contributed by atoms with Crippen LogP contribution in [0.25, 0.3) is 10.7 Å². The van der Waals surface area contributed by atoms with E-state index in [9.17, 15) is 4.79 Å². The van der Waals surface area contributed by atoms with E-state index in [0.29, 0.717) is 29.7 Å². The number of thiophene rings is 1. The molecule has 7 nitrogen and oxygen atoms in total. The summed E-state index contributed by atoms with van der Waals surface area (Å²) in [6, 6.07) is 9.62. The van der Waals surface area contributed by atoms with Gasteiger partial charge in [-0.1, -0.05) is 23.9 Å². The minimum absolute atomic E-state index is 0.0322. The molecule has 3 rings (SSSR count). The minimum atomic E-state index is 0.0322. The minimum Gasteiger partial charge on any atom is -0.493 e. The normalized spacial score (nSPS) is 10.7. The number of nitrogens with one attached hydrogen (secondary N) is 1. The number of aromatic nitrogens is 3. The molecule has 0 atom stereocenters. The van der Waals surface area contributed by atoms with E-state index in [4.69, 9.17) is 9.47 Å². The summed E-state index contributed by atoms with van der Waals surface area (Å²) >= 11 is 2.92. The molecule has 0 aliphatic heterocycles. The average molecular weight is 419 g/mol. The Balaban J connectivity index is 1.59. The van der Waals surface area contributed by atoms with Gasteiger partial charge in [-0.2, -0.15) is 0 Å². The van der Waals surface area contributed by atoms with Crippen molar-refractivity contribution < 1.29 is 14.3 Å². The highest BCUT2D eigenvalue weighted by Crippen LogP contribution is 2.28. The van der Waals surface area contributed by atoms with Crippen LogP contribution in [0.2, 0.25) is 0 Å². The Bertz CT molecular complexity index is 912. The van der Waals surface area contributed by atoms with Gasteiger partial charge in [0.05, 0.1) is 24.8 Å². The summed E-state index contributed by atoms with van der Waals surface area (Å²) in [7, 11) is 3.20. The van der Waals surface area contributed by atoms with Crippen molar-refractivity contribution in [1.82, 2.24) is 20.1 Å². The largest absolute Gasteiger partial charge is 0.493 e. The first-order valence-corrected chi connectivity index (χ1v) is 10.6. The molecule has 1 aromatic carbocycles. The fourth-order valence-corrected chi connectivity index (χ4v) is 3.99. The van der Waals surface area contributed by atoms with E-state index in [0.717, 1.165) is 16.3 Å². The molecular formula is C19H22N4O3S2. The van der Waals surface area contributed by atoms with Crippen LogP contribution in [0, 0.1) is 0 Å². The van der Waals surface area contributed by atoms with Crippen LogP contribution in [0.4, 0.5) is 0 Å². The van der Waals surface area contributed by atoms with Gasteiger partial charge in [0.15, 0.2) is 17.3 Å². The van der Waals surface area contributed by atoms with Crippen molar-refractivity contribution in [2.75, 3.05) is 26.5 Å². The second-order valence-corrected chi connectivity index (χ2v) is 7.72. The van der Waals surface area contributed by atoms with E-state index >= 15 is 0 Å². The summed E-state index contributed by atoms with van der Waals surface area (Å²) < 4.78 is 10.6. The number of hydrogen-bond acceptors (Lipinski definition) is 7. The van der Waals surface area contributed by atoms with E-state index in [2.05, 4.69) is 15.2 Å². The molecule has 0 saturated carbocycles. The molecule has 2 aromatic heterocycles. The van der Waals surface area contributed by atoms with E-state index in [1.54, 1.807) is 30.5 Å². The lowest BCUT2D eigenvalue weighted by molar-refractivity contribution is -0.128. The van der Waals surface area contributed by atoms with Gasteiger partial charge in [0, 0.05) is 13.1 Å². The maximum atomic E-state index is 12.7. The number of rotatable bonds is 9. The molecule has 148 valence electrons. The molecule has 0 saturated heterocycles. The maximum absolute atomic E-state index is 12.7. The molecule has 9 heteroatoms. The van der Waals surface area contributed by atoms with Gasteiger partial charge >= 0.3 is 0 Å². The van der Waals surface area contributed by atoms with Crippen molar-refractivity contribution in [3.63, 3.8) is 0 Å². The highest BCUT2D eigenvalue weighted by atomic mass is 32.2. The summed E-state index contributed by atoms with van der Waals surface area (Å²) in [5.41, 5.74) is 0.982. The molecule has 28 heavy (non-hydrogen) atoms. The highest BCUT2D eigenvalue weighted by Gasteiger charge is 2.16. The highest BCUT2D eigenvalue weighted by molar-refractivity contribution is 7.99. The number of nitrogens with zero attached hydrogens (tertiary/aromatic N) is 3. The van der Waals surface area contributed by atoms with Crippen LogP contribution in [0.15, 0.2) is 40.9 Å². The smallest absolute Gasteiger partial charge is 0.233 e. The van der Waals surface area contributed by atoms with Crippen LogP contribution in [-0.2, 0) is 11.3 Å². The van der Waals surface area contributed by atoms with Crippen LogP contribution >= 0.6 is 23.1 Å². The number of ether oxygens (including phenoxy) is 2. The molecule has 3 aromatic rings. The molecule has 0 bridgehead atoms. The molecule has 0 radical (unpaired) electrons. The predicted molar refractivity (Wildman–Crippen MR) is 111 cm³/mol. The summed E-state index contributed by atoms with van der Waals surface area (Å²) in [5, 5.41) is 9.66. The second kappa shape index (κ2) is 9.61. The molecule has 0 unspecified atom stereocenters. The summed E-state index contributed by atoms with van der Waals surface area (Å²) in [6.07, 6.45) is 0. The van der Waals surface area contributed by atoms with Gasteiger partial charge in [0.25, 0.3) is 0 Å². The lowest BCUT2D eigenvalue weighted by Gasteiger charge is -2.21. The maximum Gasteiger partial charge on any atom is 0.233 e. The first-order valence-electron chi connectivity index (χ1n) is 8.72. The molecule has 2 heterocycles.